The summed E-state index contributed by atoms with van der Waals surface area (Å²) in [4.78, 5) is 11.4. The highest BCUT2D eigenvalue weighted by molar-refractivity contribution is 5.76. The number of epoxide rings is 1. The second-order valence-electron chi connectivity index (χ2n) is 6.75. The van der Waals surface area contributed by atoms with E-state index in [1.807, 2.05) is 24.3 Å². The predicted molar refractivity (Wildman–Crippen MR) is 89.1 cm³/mol. The molecule has 5 heteroatoms. The number of benzene rings is 1. The Morgan fingerprint density at radius 2 is 2.04 bits per heavy atom. The Bertz CT molecular complexity index is 564. The Hall–Kier alpha value is -1.43. The van der Waals surface area contributed by atoms with E-state index in [0.29, 0.717) is 19.6 Å². The molecule has 0 saturated carbocycles. The van der Waals surface area contributed by atoms with Crippen molar-refractivity contribution in [1.82, 2.24) is 0 Å². The third-order valence-electron chi connectivity index (χ3n) is 4.82. The van der Waals surface area contributed by atoms with Crippen molar-refractivity contribution in [2.24, 2.45) is 0 Å². The maximum atomic E-state index is 11.4. The Kier molecular flexibility index (Phi) is 5.23. The first kappa shape index (κ1) is 17.4. The SMILES string of the molecule is CC[C@H]1O[C@H](CC(C)=O)C[C@@]2(CO2)[C@@H]1OCc1ccc(OC)cc1. The minimum absolute atomic E-state index is 0.0381. The van der Waals surface area contributed by atoms with Crippen LogP contribution in [0.2, 0.25) is 0 Å². The van der Waals surface area contributed by atoms with Crippen LogP contribution < -0.4 is 4.74 Å². The zero-order valence-corrected chi connectivity index (χ0v) is 14.6. The molecule has 1 aromatic carbocycles. The summed E-state index contributed by atoms with van der Waals surface area (Å²) < 4.78 is 23.3. The molecule has 2 fully saturated rings. The predicted octanol–water partition coefficient (Wildman–Crippen LogP) is 2.90. The summed E-state index contributed by atoms with van der Waals surface area (Å²) in [6, 6.07) is 7.87. The smallest absolute Gasteiger partial charge is 0.132 e. The normalized spacial score (nSPS) is 31.9. The van der Waals surface area contributed by atoms with Gasteiger partial charge in [0.05, 0.1) is 32.5 Å². The van der Waals surface area contributed by atoms with E-state index in [9.17, 15) is 4.79 Å². The summed E-state index contributed by atoms with van der Waals surface area (Å²) in [6.45, 7) is 4.89. The van der Waals surface area contributed by atoms with E-state index < -0.39 is 0 Å². The van der Waals surface area contributed by atoms with Gasteiger partial charge >= 0.3 is 0 Å². The molecule has 0 aliphatic carbocycles. The fraction of sp³-hybridized carbons (Fsp3) is 0.632. The molecule has 2 aliphatic heterocycles. The molecule has 132 valence electrons. The molecule has 24 heavy (non-hydrogen) atoms. The minimum atomic E-state index is -0.272. The maximum absolute atomic E-state index is 11.4. The van der Waals surface area contributed by atoms with E-state index in [0.717, 1.165) is 24.2 Å². The fourth-order valence-electron chi connectivity index (χ4n) is 3.50. The van der Waals surface area contributed by atoms with Gasteiger partial charge in [0.1, 0.15) is 23.2 Å². The van der Waals surface area contributed by atoms with Gasteiger partial charge in [-0.05, 0) is 31.0 Å². The molecular formula is C19H26O5. The molecular weight excluding hydrogens is 308 g/mol. The Morgan fingerprint density at radius 3 is 2.58 bits per heavy atom. The lowest BCUT2D eigenvalue weighted by molar-refractivity contribution is -0.179. The van der Waals surface area contributed by atoms with Crippen molar-refractivity contribution in [2.75, 3.05) is 13.7 Å². The first-order valence-corrected chi connectivity index (χ1v) is 8.59. The number of ketones is 1. The quantitative estimate of drug-likeness (QED) is 0.718. The molecule has 0 aromatic heterocycles. The van der Waals surface area contributed by atoms with Crippen molar-refractivity contribution >= 4 is 5.78 Å². The van der Waals surface area contributed by atoms with Crippen LogP contribution in [0, 0.1) is 0 Å². The lowest BCUT2D eigenvalue weighted by Crippen LogP contribution is -2.52. The van der Waals surface area contributed by atoms with Gasteiger partial charge in [0.15, 0.2) is 0 Å². The second kappa shape index (κ2) is 7.21. The molecule has 0 radical (unpaired) electrons. The summed E-state index contributed by atoms with van der Waals surface area (Å²) in [5.74, 6) is 0.989. The molecule has 1 spiro atoms. The van der Waals surface area contributed by atoms with Gasteiger partial charge in [-0.25, -0.2) is 0 Å². The van der Waals surface area contributed by atoms with Crippen molar-refractivity contribution < 1.29 is 23.7 Å². The van der Waals surface area contributed by atoms with Gasteiger partial charge in [0.25, 0.3) is 0 Å². The van der Waals surface area contributed by atoms with Gasteiger partial charge in [-0.1, -0.05) is 19.1 Å². The van der Waals surface area contributed by atoms with Gasteiger partial charge in [0.2, 0.25) is 0 Å². The van der Waals surface area contributed by atoms with Crippen molar-refractivity contribution in [3.63, 3.8) is 0 Å². The third-order valence-corrected chi connectivity index (χ3v) is 4.82. The van der Waals surface area contributed by atoms with E-state index in [1.165, 1.54) is 0 Å². The largest absolute Gasteiger partial charge is 0.497 e. The van der Waals surface area contributed by atoms with Crippen molar-refractivity contribution in [3.8, 4) is 5.75 Å². The number of carbonyl (C=O) groups excluding carboxylic acids is 1. The number of hydrogen-bond acceptors (Lipinski definition) is 5. The molecule has 2 saturated heterocycles. The topological polar surface area (TPSA) is 57.3 Å². The highest BCUT2D eigenvalue weighted by Gasteiger charge is 2.59. The molecule has 4 atom stereocenters. The minimum Gasteiger partial charge on any atom is -0.497 e. The fourth-order valence-corrected chi connectivity index (χ4v) is 3.50. The Morgan fingerprint density at radius 1 is 1.33 bits per heavy atom. The van der Waals surface area contributed by atoms with Gasteiger partial charge in [-0.3, -0.25) is 4.79 Å². The Balaban J connectivity index is 1.64. The summed E-state index contributed by atoms with van der Waals surface area (Å²) >= 11 is 0. The van der Waals surface area contributed by atoms with Crippen LogP contribution in [0.25, 0.3) is 0 Å². The Labute approximate surface area is 143 Å². The van der Waals surface area contributed by atoms with E-state index >= 15 is 0 Å². The molecule has 0 bridgehead atoms. The average molecular weight is 334 g/mol. The molecule has 0 N–H and O–H groups in total. The second-order valence-corrected chi connectivity index (χ2v) is 6.75. The van der Waals surface area contributed by atoms with E-state index in [-0.39, 0.29) is 29.7 Å². The summed E-state index contributed by atoms with van der Waals surface area (Å²) in [7, 11) is 1.66. The van der Waals surface area contributed by atoms with Crippen LogP contribution in [0.1, 0.15) is 38.7 Å². The van der Waals surface area contributed by atoms with Crippen molar-refractivity contribution in [3.05, 3.63) is 29.8 Å². The number of rotatable bonds is 7. The molecule has 0 amide bonds. The van der Waals surface area contributed by atoms with Gasteiger partial charge in [0, 0.05) is 12.8 Å². The number of carbonyl (C=O) groups is 1. The highest BCUT2D eigenvalue weighted by Crippen LogP contribution is 2.45. The maximum Gasteiger partial charge on any atom is 0.132 e. The molecule has 0 unspecified atom stereocenters. The summed E-state index contributed by atoms with van der Waals surface area (Å²) in [5.41, 5.74) is 0.818. The first-order valence-electron chi connectivity index (χ1n) is 8.59. The highest BCUT2D eigenvalue weighted by atomic mass is 16.6. The monoisotopic (exact) mass is 334 g/mol. The van der Waals surface area contributed by atoms with Gasteiger partial charge in [-0.2, -0.15) is 0 Å². The molecule has 1 aromatic rings. The van der Waals surface area contributed by atoms with Crippen LogP contribution in [-0.2, 0) is 25.6 Å². The van der Waals surface area contributed by atoms with E-state index in [4.69, 9.17) is 18.9 Å². The molecule has 5 nitrogen and oxygen atoms in total. The third kappa shape index (κ3) is 3.79. The van der Waals surface area contributed by atoms with Gasteiger partial charge < -0.3 is 18.9 Å². The summed E-state index contributed by atoms with van der Waals surface area (Å²) in [5, 5.41) is 0. The molecule has 3 rings (SSSR count). The number of methoxy groups -OCH3 is 1. The van der Waals surface area contributed by atoms with Gasteiger partial charge in [-0.15, -0.1) is 0 Å². The summed E-state index contributed by atoms with van der Waals surface area (Å²) in [6.07, 6.45) is 1.84. The van der Waals surface area contributed by atoms with Crippen LogP contribution in [0.5, 0.6) is 5.75 Å². The van der Waals surface area contributed by atoms with Crippen molar-refractivity contribution in [1.29, 1.82) is 0 Å². The number of hydrogen-bond donors (Lipinski definition) is 0. The number of Topliss-reactive ketones (excluding diaryl/α,β-unsaturated/α-hetero) is 1. The zero-order valence-electron chi connectivity index (χ0n) is 14.6. The van der Waals surface area contributed by atoms with Crippen LogP contribution in [0.3, 0.4) is 0 Å². The van der Waals surface area contributed by atoms with E-state index in [1.54, 1.807) is 14.0 Å². The number of ether oxygens (including phenoxy) is 4. The zero-order chi connectivity index (χ0) is 17.2. The van der Waals surface area contributed by atoms with E-state index in [2.05, 4.69) is 6.92 Å². The lowest BCUT2D eigenvalue weighted by Gasteiger charge is -2.40. The van der Waals surface area contributed by atoms with Crippen LogP contribution in [0.4, 0.5) is 0 Å². The van der Waals surface area contributed by atoms with Crippen LogP contribution >= 0.6 is 0 Å². The first-order chi connectivity index (χ1) is 11.6. The lowest BCUT2D eigenvalue weighted by atomic mass is 9.86. The average Bonchev–Trinajstić information content (AvgIpc) is 3.33. The standard InChI is InChI=1S/C19H26O5/c1-4-17-18(22-11-14-5-7-15(21-3)8-6-14)19(12-23-19)10-16(24-17)9-13(2)20/h5-8,16-18H,4,9-12H2,1-3H3/t16-,17-,18-,19-/m1/s1. The molecule has 2 aliphatic rings. The van der Waals surface area contributed by atoms with Crippen molar-refractivity contribution in [2.45, 2.75) is 63.6 Å². The molecule has 2 heterocycles. The van der Waals surface area contributed by atoms with Crippen LogP contribution in [-0.4, -0.2) is 43.4 Å². The van der Waals surface area contributed by atoms with Crippen LogP contribution in [0.15, 0.2) is 24.3 Å².